The van der Waals surface area contributed by atoms with Crippen molar-refractivity contribution in [1.82, 2.24) is 4.98 Å². The van der Waals surface area contributed by atoms with Crippen molar-refractivity contribution in [3.63, 3.8) is 0 Å². The van der Waals surface area contributed by atoms with Crippen LogP contribution in [0.5, 0.6) is 0 Å². The van der Waals surface area contributed by atoms with Crippen LogP contribution in [-0.2, 0) is 0 Å². The first kappa shape index (κ1) is 6.59. The number of aromatic nitrogens is 1. The molecule has 0 N–H and O–H groups in total. The fourth-order valence-corrected chi connectivity index (χ4v) is 1.50. The molecule has 0 fully saturated rings. The summed E-state index contributed by atoms with van der Waals surface area (Å²) < 4.78 is 0. The second kappa shape index (κ2) is 2.19. The normalized spacial score (nSPS) is 21.3. The third-order valence-corrected chi connectivity index (χ3v) is 2.39. The van der Waals surface area contributed by atoms with E-state index in [1.807, 2.05) is 12.3 Å². The Morgan fingerprint density at radius 2 is 2.27 bits per heavy atom. The van der Waals surface area contributed by atoms with E-state index in [1.54, 1.807) is 0 Å². The van der Waals surface area contributed by atoms with E-state index >= 15 is 0 Å². The standard InChI is InChI=1S/C10H11N/c1-7-6-10-9(8(7)2)4-3-5-11-10/h3-6,8H,1-2H3/t8-/m0/s1. The molecule has 1 heterocycles. The zero-order valence-corrected chi connectivity index (χ0v) is 6.83. The highest BCUT2D eigenvalue weighted by Gasteiger charge is 2.17. The highest BCUT2D eigenvalue weighted by atomic mass is 14.7. The Hall–Kier alpha value is -1.11. The van der Waals surface area contributed by atoms with Crippen LogP contribution in [-0.4, -0.2) is 4.98 Å². The maximum atomic E-state index is 4.28. The molecule has 0 aromatic carbocycles. The molecule has 1 atom stereocenters. The van der Waals surface area contributed by atoms with Gasteiger partial charge in [-0.25, -0.2) is 0 Å². The molecule has 1 aliphatic rings. The molecule has 1 aliphatic carbocycles. The van der Waals surface area contributed by atoms with Crippen molar-refractivity contribution < 1.29 is 0 Å². The molecule has 0 radical (unpaired) electrons. The number of hydrogen-bond acceptors (Lipinski definition) is 1. The Morgan fingerprint density at radius 1 is 1.45 bits per heavy atom. The Balaban J connectivity index is 2.58. The topological polar surface area (TPSA) is 12.9 Å². The molecule has 1 aromatic heterocycles. The monoisotopic (exact) mass is 145 g/mol. The largest absolute Gasteiger partial charge is 0.257 e. The minimum Gasteiger partial charge on any atom is -0.257 e. The zero-order chi connectivity index (χ0) is 7.84. The molecule has 0 aliphatic heterocycles. The number of hydrogen-bond donors (Lipinski definition) is 0. The predicted molar refractivity (Wildman–Crippen MR) is 46.3 cm³/mol. The van der Waals surface area contributed by atoms with Gasteiger partial charge in [-0.15, -0.1) is 0 Å². The summed E-state index contributed by atoms with van der Waals surface area (Å²) in [5.74, 6) is 0.568. The van der Waals surface area contributed by atoms with Crippen molar-refractivity contribution in [1.29, 1.82) is 0 Å². The average molecular weight is 145 g/mol. The van der Waals surface area contributed by atoms with Crippen molar-refractivity contribution in [3.05, 3.63) is 35.2 Å². The highest BCUT2D eigenvalue weighted by Crippen LogP contribution is 2.33. The molecular weight excluding hydrogens is 134 g/mol. The van der Waals surface area contributed by atoms with Crippen molar-refractivity contribution >= 4 is 6.08 Å². The summed E-state index contributed by atoms with van der Waals surface area (Å²) in [4.78, 5) is 4.28. The van der Waals surface area contributed by atoms with Gasteiger partial charge >= 0.3 is 0 Å². The molecule has 11 heavy (non-hydrogen) atoms. The summed E-state index contributed by atoms with van der Waals surface area (Å²) >= 11 is 0. The van der Waals surface area contributed by atoms with Gasteiger partial charge in [0, 0.05) is 12.1 Å². The summed E-state index contributed by atoms with van der Waals surface area (Å²) in [5, 5.41) is 0. The summed E-state index contributed by atoms with van der Waals surface area (Å²) in [6.45, 7) is 4.38. The van der Waals surface area contributed by atoms with Gasteiger partial charge in [0.15, 0.2) is 0 Å². The van der Waals surface area contributed by atoms with Gasteiger partial charge in [0.2, 0.25) is 0 Å². The number of fused-ring (bicyclic) bond motifs is 1. The van der Waals surface area contributed by atoms with Crippen molar-refractivity contribution in [2.75, 3.05) is 0 Å². The Bertz CT molecular complexity index is 312. The van der Waals surface area contributed by atoms with Crippen LogP contribution >= 0.6 is 0 Å². The van der Waals surface area contributed by atoms with Crippen LogP contribution in [0.25, 0.3) is 6.08 Å². The van der Waals surface area contributed by atoms with Crippen molar-refractivity contribution in [3.8, 4) is 0 Å². The molecule has 0 spiro atoms. The van der Waals surface area contributed by atoms with Crippen molar-refractivity contribution in [2.24, 2.45) is 0 Å². The Morgan fingerprint density at radius 3 is 3.00 bits per heavy atom. The lowest BCUT2D eigenvalue weighted by Gasteiger charge is -2.04. The van der Waals surface area contributed by atoms with Crippen LogP contribution in [0.15, 0.2) is 23.9 Å². The molecule has 0 saturated heterocycles. The van der Waals surface area contributed by atoms with E-state index in [2.05, 4.69) is 31.0 Å². The van der Waals surface area contributed by atoms with Gasteiger partial charge in [-0.05, 0) is 24.6 Å². The fourth-order valence-electron chi connectivity index (χ4n) is 1.50. The van der Waals surface area contributed by atoms with Crippen molar-refractivity contribution in [2.45, 2.75) is 19.8 Å². The van der Waals surface area contributed by atoms with Gasteiger partial charge in [-0.2, -0.15) is 0 Å². The molecule has 2 rings (SSSR count). The van der Waals surface area contributed by atoms with Crippen LogP contribution in [0.2, 0.25) is 0 Å². The minimum absolute atomic E-state index is 0.568. The van der Waals surface area contributed by atoms with E-state index in [1.165, 1.54) is 11.1 Å². The predicted octanol–water partition coefficient (Wildman–Crippen LogP) is 2.60. The third kappa shape index (κ3) is 0.881. The number of allylic oxidation sites excluding steroid dienone is 1. The van der Waals surface area contributed by atoms with E-state index in [0.29, 0.717) is 5.92 Å². The maximum Gasteiger partial charge on any atom is 0.0667 e. The van der Waals surface area contributed by atoms with Gasteiger partial charge in [0.1, 0.15) is 0 Å². The smallest absolute Gasteiger partial charge is 0.0667 e. The van der Waals surface area contributed by atoms with Gasteiger partial charge in [0.25, 0.3) is 0 Å². The van der Waals surface area contributed by atoms with Gasteiger partial charge in [0.05, 0.1) is 5.69 Å². The number of pyridine rings is 1. The van der Waals surface area contributed by atoms with E-state index in [9.17, 15) is 0 Å². The number of rotatable bonds is 0. The van der Waals surface area contributed by atoms with E-state index in [4.69, 9.17) is 0 Å². The summed E-state index contributed by atoms with van der Waals surface area (Å²) in [6, 6.07) is 4.15. The van der Waals surface area contributed by atoms with Crippen LogP contribution in [0.4, 0.5) is 0 Å². The lowest BCUT2D eigenvalue weighted by atomic mass is 10.0. The molecule has 1 nitrogen and oxygen atoms in total. The van der Waals surface area contributed by atoms with Crippen LogP contribution in [0.1, 0.15) is 31.0 Å². The second-order valence-electron chi connectivity index (χ2n) is 3.09. The molecule has 0 bridgehead atoms. The molecule has 1 heteroatoms. The SMILES string of the molecule is CC1=Cc2ncccc2[C@H]1C. The van der Waals surface area contributed by atoms with E-state index in [-0.39, 0.29) is 0 Å². The molecule has 0 saturated carbocycles. The summed E-state index contributed by atoms with van der Waals surface area (Å²) in [7, 11) is 0. The quantitative estimate of drug-likeness (QED) is 0.546. The number of nitrogens with zero attached hydrogens (tertiary/aromatic N) is 1. The lowest BCUT2D eigenvalue weighted by molar-refractivity contribution is 0.915. The second-order valence-corrected chi connectivity index (χ2v) is 3.09. The van der Waals surface area contributed by atoms with Crippen LogP contribution in [0.3, 0.4) is 0 Å². The van der Waals surface area contributed by atoms with Gasteiger partial charge < -0.3 is 0 Å². The van der Waals surface area contributed by atoms with Crippen LogP contribution < -0.4 is 0 Å². The first-order valence-corrected chi connectivity index (χ1v) is 3.92. The third-order valence-electron chi connectivity index (χ3n) is 2.39. The fraction of sp³-hybridized carbons (Fsp3) is 0.300. The Labute approximate surface area is 66.8 Å². The zero-order valence-electron chi connectivity index (χ0n) is 6.83. The maximum absolute atomic E-state index is 4.28. The first-order chi connectivity index (χ1) is 5.29. The summed E-state index contributed by atoms with van der Waals surface area (Å²) in [6.07, 6.45) is 4.01. The molecule has 0 unspecified atom stereocenters. The highest BCUT2D eigenvalue weighted by molar-refractivity contribution is 5.62. The Kier molecular flexibility index (Phi) is 1.31. The summed E-state index contributed by atoms with van der Waals surface area (Å²) in [5.41, 5.74) is 3.93. The first-order valence-electron chi connectivity index (χ1n) is 3.92. The minimum atomic E-state index is 0.568. The molecular formula is C10H11N. The van der Waals surface area contributed by atoms with Crippen LogP contribution in [0, 0.1) is 0 Å². The van der Waals surface area contributed by atoms with Gasteiger partial charge in [-0.3, -0.25) is 4.98 Å². The average Bonchev–Trinajstić information content (AvgIpc) is 2.30. The molecule has 1 aromatic rings. The molecule has 0 amide bonds. The van der Waals surface area contributed by atoms with E-state index in [0.717, 1.165) is 5.69 Å². The van der Waals surface area contributed by atoms with Gasteiger partial charge in [-0.1, -0.05) is 18.6 Å². The molecule has 56 valence electrons. The van der Waals surface area contributed by atoms with E-state index < -0.39 is 0 Å². The lowest BCUT2D eigenvalue weighted by Crippen LogP contribution is -1.90.